The summed E-state index contributed by atoms with van der Waals surface area (Å²) in [5, 5.41) is -0.281. The Morgan fingerprint density at radius 3 is 2.48 bits per heavy atom. The summed E-state index contributed by atoms with van der Waals surface area (Å²) in [5.74, 6) is 0.421. The number of carbonyl (C=O) groups is 2. The average molecular weight is 337 g/mol. The monoisotopic (exact) mass is 337 g/mol. The minimum atomic E-state index is -0.557. The number of esters is 1. The Kier molecular flexibility index (Phi) is 5.57. The summed E-state index contributed by atoms with van der Waals surface area (Å²) in [7, 11) is 0. The van der Waals surface area contributed by atoms with Crippen LogP contribution in [0, 0.1) is 0 Å². The van der Waals surface area contributed by atoms with Crippen LogP contribution in [0.4, 0.5) is 4.79 Å². The Morgan fingerprint density at radius 2 is 1.91 bits per heavy atom. The molecule has 0 radical (unpaired) electrons. The second-order valence-corrected chi connectivity index (χ2v) is 7.60. The van der Waals surface area contributed by atoms with Crippen molar-refractivity contribution in [2.24, 2.45) is 0 Å². The van der Waals surface area contributed by atoms with E-state index in [-0.39, 0.29) is 17.4 Å². The third kappa shape index (κ3) is 4.89. The molecule has 5 nitrogen and oxygen atoms in total. The third-order valence-electron chi connectivity index (χ3n) is 3.24. The molecule has 1 saturated heterocycles. The molecule has 126 valence electrons. The highest BCUT2D eigenvalue weighted by Gasteiger charge is 2.40. The van der Waals surface area contributed by atoms with Crippen LogP contribution in [0.25, 0.3) is 0 Å². The van der Waals surface area contributed by atoms with Crippen molar-refractivity contribution in [1.29, 1.82) is 0 Å². The summed E-state index contributed by atoms with van der Waals surface area (Å²) in [4.78, 5) is 25.6. The quantitative estimate of drug-likeness (QED) is 0.789. The van der Waals surface area contributed by atoms with Crippen LogP contribution in [-0.4, -0.2) is 40.2 Å². The number of benzene rings is 1. The van der Waals surface area contributed by atoms with Gasteiger partial charge in [0.15, 0.2) is 6.10 Å². The van der Waals surface area contributed by atoms with E-state index in [2.05, 4.69) is 0 Å². The zero-order valence-corrected chi connectivity index (χ0v) is 14.8. The van der Waals surface area contributed by atoms with E-state index in [0.717, 1.165) is 11.3 Å². The van der Waals surface area contributed by atoms with Crippen LogP contribution in [-0.2, 0) is 14.3 Å². The van der Waals surface area contributed by atoms with Gasteiger partial charge in [0.25, 0.3) is 0 Å². The molecule has 0 aliphatic carbocycles. The average Bonchev–Trinajstić information content (AvgIpc) is 2.93. The van der Waals surface area contributed by atoms with Crippen molar-refractivity contribution in [2.75, 3.05) is 12.3 Å². The molecule has 2 atom stereocenters. The second kappa shape index (κ2) is 7.25. The lowest BCUT2D eigenvalue weighted by Crippen LogP contribution is -2.42. The number of thioether (sulfide) groups is 1. The summed E-state index contributed by atoms with van der Waals surface area (Å²) < 4.78 is 11.0. The van der Waals surface area contributed by atoms with Gasteiger partial charge in [0.2, 0.25) is 0 Å². The SMILES string of the molecule is CC(=O)O[C@@H](c1ccccc1)[C@@H]1SCCN1C(=O)OC(C)(C)C. The first-order valence-electron chi connectivity index (χ1n) is 7.61. The van der Waals surface area contributed by atoms with Gasteiger partial charge in [-0.2, -0.15) is 0 Å². The topological polar surface area (TPSA) is 55.8 Å². The molecule has 6 heteroatoms. The van der Waals surface area contributed by atoms with E-state index in [1.807, 2.05) is 51.1 Å². The van der Waals surface area contributed by atoms with Crippen molar-refractivity contribution in [2.45, 2.75) is 44.8 Å². The van der Waals surface area contributed by atoms with Crippen molar-refractivity contribution < 1.29 is 19.1 Å². The van der Waals surface area contributed by atoms with Crippen molar-refractivity contribution in [3.05, 3.63) is 35.9 Å². The van der Waals surface area contributed by atoms with Gasteiger partial charge in [-0.05, 0) is 26.3 Å². The third-order valence-corrected chi connectivity index (χ3v) is 4.50. The number of hydrogen-bond donors (Lipinski definition) is 0. The molecule has 1 aromatic carbocycles. The summed E-state index contributed by atoms with van der Waals surface area (Å²) >= 11 is 1.60. The summed E-state index contributed by atoms with van der Waals surface area (Å²) in [6.45, 7) is 7.47. The zero-order valence-electron chi connectivity index (χ0n) is 13.9. The van der Waals surface area contributed by atoms with Crippen LogP contribution in [0.5, 0.6) is 0 Å². The lowest BCUT2D eigenvalue weighted by atomic mass is 10.1. The fourth-order valence-corrected chi connectivity index (χ4v) is 3.67. The molecule has 1 heterocycles. The molecule has 2 rings (SSSR count). The van der Waals surface area contributed by atoms with Crippen LogP contribution >= 0.6 is 11.8 Å². The van der Waals surface area contributed by atoms with Gasteiger partial charge >= 0.3 is 12.1 Å². The van der Waals surface area contributed by atoms with Gasteiger partial charge in [0.1, 0.15) is 11.0 Å². The van der Waals surface area contributed by atoms with Crippen molar-refractivity contribution in [1.82, 2.24) is 4.90 Å². The number of ether oxygens (including phenoxy) is 2. The maximum atomic E-state index is 12.4. The predicted octanol–water partition coefficient (Wildman–Crippen LogP) is 3.60. The molecule has 1 fully saturated rings. The number of hydrogen-bond acceptors (Lipinski definition) is 5. The Balaban J connectivity index is 2.23. The molecule has 1 aliphatic heterocycles. The van der Waals surface area contributed by atoms with Crippen molar-refractivity contribution in [3.8, 4) is 0 Å². The first-order valence-corrected chi connectivity index (χ1v) is 8.66. The molecule has 0 saturated carbocycles. The Hall–Kier alpha value is -1.69. The Morgan fingerprint density at radius 1 is 1.26 bits per heavy atom. The van der Waals surface area contributed by atoms with Gasteiger partial charge in [-0.15, -0.1) is 11.8 Å². The molecule has 1 amide bonds. The van der Waals surface area contributed by atoms with Crippen molar-refractivity contribution >= 4 is 23.8 Å². The van der Waals surface area contributed by atoms with Gasteiger partial charge in [-0.25, -0.2) is 4.79 Å². The van der Waals surface area contributed by atoms with E-state index in [9.17, 15) is 9.59 Å². The van der Waals surface area contributed by atoms with Gasteiger partial charge < -0.3 is 9.47 Å². The van der Waals surface area contributed by atoms with Gasteiger partial charge in [0, 0.05) is 19.2 Å². The van der Waals surface area contributed by atoms with E-state index in [1.54, 1.807) is 16.7 Å². The molecule has 0 aromatic heterocycles. The molecular formula is C17H23NO4S. The lowest BCUT2D eigenvalue weighted by Gasteiger charge is -2.32. The highest BCUT2D eigenvalue weighted by atomic mass is 32.2. The predicted molar refractivity (Wildman–Crippen MR) is 90.1 cm³/mol. The summed E-state index contributed by atoms with van der Waals surface area (Å²) in [6.07, 6.45) is -0.880. The fraction of sp³-hybridized carbons (Fsp3) is 0.529. The molecule has 0 unspecified atom stereocenters. The zero-order chi connectivity index (χ0) is 17.0. The van der Waals surface area contributed by atoms with E-state index in [4.69, 9.17) is 9.47 Å². The Labute approximate surface area is 141 Å². The summed E-state index contributed by atoms with van der Waals surface area (Å²) in [5.41, 5.74) is 0.314. The second-order valence-electron chi connectivity index (χ2n) is 6.38. The molecule has 23 heavy (non-hydrogen) atoms. The van der Waals surface area contributed by atoms with E-state index in [1.165, 1.54) is 6.92 Å². The smallest absolute Gasteiger partial charge is 0.411 e. The van der Waals surface area contributed by atoms with E-state index >= 15 is 0 Å². The molecule has 0 N–H and O–H groups in total. The molecular weight excluding hydrogens is 314 g/mol. The van der Waals surface area contributed by atoms with Crippen LogP contribution in [0.1, 0.15) is 39.4 Å². The first kappa shape index (κ1) is 17.7. The van der Waals surface area contributed by atoms with Crippen LogP contribution in [0.3, 0.4) is 0 Å². The molecule has 0 spiro atoms. The van der Waals surface area contributed by atoms with Crippen LogP contribution < -0.4 is 0 Å². The number of carbonyl (C=O) groups excluding carboxylic acids is 2. The summed E-state index contributed by atoms with van der Waals surface area (Å²) in [6, 6.07) is 9.49. The first-order chi connectivity index (χ1) is 10.8. The fourth-order valence-electron chi connectivity index (χ4n) is 2.37. The van der Waals surface area contributed by atoms with Gasteiger partial charge in [-0.1, -0.05) is 30.3 Å². The number of amides is 1. The molecule has 1 aliphatic rings. The highest BCUT2D eigenvalue weighted by Crippen LogP contribution is 2.37. The normalized spacial score (nSPS) is 19.3. The molecule has 0 bridgehead atoms. The molecule has 1 aromatic rings. The van der Waals surface area contributed by atoms with E-state index in [0.29, 0.717) is 6.54 Å². The maximum Gasteiger partial charge on any atom is 0.411 e. The minimum Gasteiger partial charge on any atom is -0.455 e. The maximum absolute atomic E-state index is 12.4. The highest BCUT2D eigenvalue weighted by molar-refractivity contribution is 8.00. The van der Waals surface area contributed by atoms with Crippen LogP contribution in [0.2, 0.25) is 0 Å². The van der Waals surface area contributed by atoms with E-state index < -0.39 is 11.7 Å². The van der Waals surface area contributed by atoms with Crippen LogP contribution in [0.15, 0.2) is 30.3 Å². The number of rotatable bonds is 3. The minimum absolute atomic E-state index is 0.281. The number of nitrogens with zero attached hydrogens (tertiary/aromatic N) is 1. The van der Waals surface area contributed by atoms with Gasteiger partial charge in [0.05, 0.1) is 0 Å². The van der Waals surface area contributed by atoms with Crippen molar-refractivity contribution in [3.63, 3.8) is 0 Å². The largest absolute Gasteiger partial charge is 0.455 e. The lowest BCUT2D eigenvalue weighted by molar-refractivity contribution is -0.148. The standard InChI is InChI=1S/C17H23NO4S/c1-12(19)21-14(13-8-6-5-7-9-13)15-18(10-11-23-15)16(20)22-17(2,3)4/h5-9,14-15H,10-11H2,1-4H3/t14-,15-/m0/s1. The van der Waals surface area contributed by atoms with Gasteiger partial charge in [-0.3, -0.25) is 9.69 Å². The Bertz CT molecular complexity index is 555.